The number of nitriles is 1. The summed E-state index contributed by atoms with van der Waals surface area (Å²) in [6.45, 7) is 7.06. The molecule has 5 heteroatoms. The molecule has 0 radical (unpaired) electrons. The fourth-order valence-electron chi connectivity index (χ4n) is 1.36. The fourth-order valence-corrected chi connectivity index (χ4v) is 2.58. The molecule has 1 aromatic carbocycles. The minimum atomic E-state index is -3.34. The predicted molar refractivity (Wildman–Crippen MR) is 72.0 cm³/mol. The molecule has 0 spiro atoms. The van der Waals surface area contributed by atoms with Crippen molar-refractivity contribution in [2.45, 2.75) is 24.0 Å². The van der Waals surface area contributed by atoms with E-state index in [-0.39, 0.29) is 11.4 Å². The zero-order valence-corrected chi connectivity index (χ0v) is 11.3. The third-order valence-corrected chi connectivity index (χ3v) is 4.67. The summed E-state index contributed by atoms with van der Waals surface area (Å²) in [5.74, 6) is 0. The van der Waals surface area contributed by atoms with Crippen LogP contribution in [0.25, 0.3) is 0 Å². The quantitative estimate of drug-likeness (QED) is 0.829. The molecule has 0 saturated carbocycles. The largest absolute Gasteiger partial charge is 0.379 e. The number of sulfone groups is 1. The van der Waals surface area contributed by atoms with Crippen molar-refractivity contribution < 1.29 is 8.42 Å². The molecule has 96 valence electrons. The SMILES string of the molecule is C=C(C#N)CNc1ccccc1S(=O)(=O)C(C)C. The Morgan fingerprint density at radius 3 is 2.61 bits per heavy atom. The van der Waals surface area contributed by atoms with Gasteiger partial charge in [-0.2, -0.15) is 5.26 Å². The highest BCUT2D eigenvalue weighted by Gasteiger charge is 2.22. The van der Waals surface area contributed by atoms with Crippen molar-refractivity contribution in [2.24, 2.45) is 0 Å². The van der Waals surface area contributed by atoms with Crippen LogP contribution in [0.1, 0.15) is 13.8 Å². The summed E-state index contributed by atoms with van der Waals surface area (Å²) >= 11 is 0. The van der Waals surface area contributed by atoms with Crippen molar-refractivity contribution in [1.29, 1.82) is 5.26 Å². The highest BCUT2D eigenvalue weighted by molar-refractivity contribution is 7.92. The van der Waals surface area contributed by atoms with Gasteiger partial charge in [-0.3, -0.25) is 0 Å². The van der Waals surface area contributed by atoms with Gasteiger partial charge < -0.3 is 5.32 Å². The van der Waals surface area contributed by atoms with Crippen LogP contribution < -0.4 is 5.32 Å². The van der Waals surface area contributed by atoms with Crippen LogP contribution in [0.4, 0.5) is 5.69 Å². The zero-order valence-electron chi connectivity index (χ0n) is 10.5. The van der Waals surface area contributed by atoms with Crippen LogP contribution in [-0.4, -0.2) is 20.2 Å². The van der Waals surface area contributed by atoms with Crippen molar-refractivity contribution in [3.63, 3.8) is 0 Å². The molecule has 0 aromatic heterocycles. The molecule has 0 saturated heterocycles. The molecule has 4 nitrogen and oxygen atoms in total. The van der Waals surface area contributed by atoms with Gasteiger partial charge in [0.2, 0.25) is 0 Å². The van der Waals surface area contributed by atoms with E-state index in [0.717, 1.165) is 0 Å². The van der Waals surface area contributed by atoms with E-state index >= 15 is 0 Å². The van der Waals surface area contributed by atoms with Crippen LogP contribution in [-0.2, 0) is 9.84 Å². The number of rotatable bonds is 5. The van der Waals surface area contributed by atoms with Gasteiger partial charge >= 0.3 is 0 Å². The lowest BCUT2D eigenvalue weighted by Gasteiger charge is -2.13. The van der Waals surface area contributed by atoms with Crippen LogP contribution in [0.2, 0.25) is 0 Å². The molecule has 0 unspecified atom stereocenters. The van der Waals surface area contributed by atoms with Gasteiger partial charge in [0.05, 0.1) is 21.9 Å². The molecule has 0 aliphatic heterocycles. The van der Waals surface area contributed by atoms with Crippen LogP contribution in [0.5, 0.6) is 0 Å². The van der Waals surface area contributed by atoms with E-state index in [1.54, 1.807) is 38.1 Å². The third kappa shape index (κ3) is 3.11. The molecular formula is C13H16N2O2S. The maximum atomic E-state index is 12.1. The van der Waals surface area contributed by atoms with Gasteiger partial charge in [0.25, 0.3) is 0 Å². The Morgan fingerprint density at radius 1 is 1.44 bits per heavy atom. The minimum Gasteiger partial charge on any atom is -0.379 e. The summed E-state index contributed by atoms with van der Waals surface area (Å²) < 4.78 is 24.3. The van der Waals surface area contributed by atoms with E-state index in [4.69, 9.17) is 5.26 Å². The number of nitrogens with one attached hydrogen (secondary N) is 1. The van der Waals surface area contributed by atoms with E-state index in [9.17, 15) is 8.42 Å². The van der Waals surface area contributed by atoms with Crippen LogP contribution >= 0.6 is 0 Å². The van der Waals surface area contributed by atoms with Gasteiger partial charge in [0, 0.05) is 12.1 Å². The molecule has 0 heterocycles. The Hall–Kier alpha value is -1.80. The normalized spacial score (nSPS) is 11.0. The lowest BCUT2D eigenvalue weighted by molar-refractivity contribution is 0.587. The second kappa shape index (κ2) is 5.69. The molecule has 1 N–H and O–H groups in total. The number of para-hydroxylation sites is 1. The van der Waals surface area contributed by atoms with E-state index in [2.05, 4.69) is 11.9 Å². The number of hydrogen-bond acceptors (Lipinski definition) is 4. The Labute approximate surface area is 108 Å². The standard InChI is InChI=1S/C13H16N2O2S/c1-10(2)18(16,17)13-7-5-4-6-12(13)15-9-11(3)8-14/h4-7,10,15H,3,9H2,1-2H3. The second-order valence-corrected chi connectivity index (χ2v) is 6.63. The molecule has 0 aliphatic rings. The predicted octanol–water partition coefficient (Wildman–Crippen LogP) is 2.36. The van der Waals surface area contributed by atoms with Crippen molar-refractivity contribution in [1.82, 2.24) is 0 Å². The topological polar surface area (TPSA) is 70.0 Å². The van der Waals surface area contributed by atoms with Crippen molar-refractivity contribution in [3.8, 4) is 6.07 Å². The molecular weight excluding hydrogens is 248 g/mol. The van der Waals surface area contributed by atoms with Crippen LogP contribution in [0.15, 0.2) is 41.3 Å². The lowest BCUT2D eigenvalue weighted by atomic mass is 10.3. The summed E-state index contributed by atoms with van der Waals surface area (Å²) in [6.07, 6.45) is 0. The first-order valence-corrected chi connectivity index (χ1v) is 7.09. The van der Waals surface area contributed by atoms with Gasteiger partial charge in [0.1, 0.15) is 0 Å². The first-order valence-electron chi connectivity index (χ1n) is 5.54. The summed E-state index contributed by atoms with van der Waals surface area (Å²) in [7, 11) is -3.34. The maximum absolute atomic E-state index is 12.1. The smallest absolute Gasteiger partial charge is 0.182 e. The molecule has 1 rings (SSSR count). The number of anilines is 1. The van der Waals surface area contributed by atoms with E-state index in [1.807, 2.05) is 6.07 Å². The molecule has 18 heavy (non-hydrogen) atoms. The first kappa shape index (κ1) is 14.3. The average Bonchev–Trinajstić information content (AvgIpc) is 2.35. The van der Waals surface area contributed by atoms with Crippen LogP contribution in [0, 0.1) is 11.3 Å². The van der Waals surface area contributed by atoms with Gasteiger partial charge in [0.15, 0.2) is 9.84 Å². The van der Waals surface area contributed by atoms with Crippen LogP contribution in [0.3, 0.4) is 0 Å². The lowest BCUT2D eigenvalue weighted by Crippen LogP contribution is -2.16. The zero-order chi connectivity index (χ0) is 13.8. The first-order chi connectivity index (χ1) is 8.39. The molecule has 0 fully saturated rings. The number of nitrogens with zero attached hydrogens (tertiary/aromatic N) is 1. The second-order valence-electron chi connectivity index (χ2n) is 4.16. The molecule has 0 aliphatic carbocycles. The molecule has 1 aromatic rings. The van der Waals surface area contributed by atoms with E-state index in [0.29, 0.717) is 11.3 Å². The number of benzene rings is 1. The Kier molecular flexibility index (Phi) is 4.51. The Morgan fingerprint density at radius 2 is 2.06 bits per heavy atom. The summed E-state index contributed by atoms with van der Waals surface area (Å²) in [4.78, 5) is 0.255. The molecule has 0 bridgehead atoms. The fraction of sp³-hybridized carbons (Fsp3) is 0.308. The van der Waals surface area contributed by atoms with Gasteiger partial charge in [-0.15, -0.1) is 0 Å². The van der Waals surface area contributed by atoms with Gasteiger partial charge in [-0.25, -0.2) is 8.42 Å². The summed E-state index contributed by atoms with van der Waals surface area (Å²) in [5.41, 5.74) is 0.856. The highest BCUT2D eigenvalue weighted by atomic mass is 32.2. The average molecular weight is 264 g/mol. The van der Waals surface area contributed by atoms with Crippen molar-refractivity contribution in [2.75, 3.05) is 11.9 Å². The Bertz CT molecular complexity index is 583. The minimum absolute atomic E-state index is 0.237. The van der Waals surface area contributed by atoms with Gasteiger partial charge in [-0.1, -0.05) is 18.7 Å². The monoisotopic (exact) mass is 264 g/mol. The van der Waals surface area contributed by atoms with E-state index in [1.165, 1.54) is 0 Å². The summed E-state index contributed by atoms with van der Waals surface area (Å²) in [6, 6.07) is 8.58. The van der Waals surface area contributed by atoms with E-state index < -0.39 is 15.1 Å². The van der Waals surface area contributed by atoms with Crippen molar-refractivity contribution >= 4 is 15.5 Å². The third-order valence-electron chi connectivity index (χ3n) is 2.46. The highest BCUT2D eigenvalue weighted by Crippen LogP contribution is 2.24. The molecule has 0 amide bonds. The Balaban J connectivity index is 3.09. The summed E-state index contributed by atoms with van der Waals surface area (Å²) in [5, 5.41) is 11.1. The van der Waals surface area contributed by atoms with Crippen molar-refractivity contribution in [3.05, 3.63) is 36.4 Å². The number of hydrogen-bond donors (Lipinski definition) is 1. The van der Waals surface area contributed by atoms with Gasteiger partial charge in [-0.05, 0) is 26.0 Å². The maximum Gasteiger partial charge on any atom is 0.182 e. The molecule has 0 atom stereocenters.